The Kier molecular flexibility index (Phi) is 56.0. The number of rotatable bonds is 51. The van der Waals surface area contributed by atoms with Gasteiger partial charge in [-0.2, -0.15) is 0 Å². The Labute approximate surface area is 448 Å². The molecule has 0 saturated carbocycles. The highest BCUT2D eigenvalue weighted by atomic mass is 16.6. The fourth-order valence-electron chi connectivity index (χ4n) is 7.50. The number of esters is 3. The molecule has 0 rings (SSSR count). The highest BCUT2D eigenvalue weighted by molar-refractivity contribution is 5.71. The molecule has 0 bridgehead atoms. The molecule has 0 aromatic carbocycles. The van der Waals surface area contributed by atoms with E-state index in [0.29, 0.717) is 19.3 Å². The summed E-state index contributed by atoms with van der Waals surface area (Å²) >= 11 is 0. The van der Waals surface area contributed by atoms with Gasteiger partial charge in [0.15, 0.2) is 6.10 Å². The number of hydrogen-bond acceptors (Lipinski definition) is 6. The summed E-state index contributed by atoms with van der Waals surface area (Å²) in [6.07, 6.45) is 85.7. The van der Waals surface area contributed by atoms with Crippen LogP contribution in [0.25, 0.3) is 0 Å². The van der Waals surface area contributed by atoms with Crippen molar-refractivity contribution in [1.82, 2.24) is 0 Å². The zero-order valence-electron chi connectivity index (χ0n) is 46.8. The molecule has 0 aromatic heterocycles. The van der Waals surface area contributed by atoms with Gasteiger partial charge in [-0.05, 0) is 122 Å². The number of unbranched alkanes of at least 4 members (excludes halogenated alkanes) is 16. The van der Waals surface area contributed by atoms with Gasteiger partial charge in [0.2, 0.25) is 0 Å². The molecule has 0 unspecified atom stereocenters. The molecular formula is C67H106O6. The van der Waals surface area contributed by atoms with Gasteiger partial charge < -0.3 is 14.2 Å². The fraction of sp³-hybridized carbons (Fsp3) is 0.597. The van der Waals surface area contributed by atoms with Crippen LogP contribution in [0.1, 0.15) is 239 Å². The molecule has 0 fully saturated rings. The van der Waals surface area contributed by atoms with Gasteiger partial charge in [0.05, 0.1) is 0 Å². The first kappa shape index (κ1) is 68.3. The van der Waals surface area contributed by atoms with E-state index in [9.17, 15) is 14.4 Å². The normalized spacial score (nSPS) is 13.2. The van der Waals surface area contributed by atoms with Crippen LogP contribution in [-0.4, -0.2) is 37.2 Å². The van der Waals surface area contributed by atoms with E-state index in [1.165, 1.54) is 89.9 Å². The van der Waals surface area contributed by atoms with Crippen LogP contribution in [0.4, 0.5) is 0 Å². The lowest BCUT2D eigenvalue weighted by Crippen LogP contribution is -2.30. The third-order valence-corrected chi connectivity index (χ3v) is 11.8. The molecule has 1 atom stereocenters. The summed E-state index contributed by atoms with van der Waals surface area (Å²) in [6, 6.07) is 0. The van der Waals surface area contributed by atoms with Crippen LogP contribution in [0.5, 0.6) is 0 Å². The molecule has 0 heterocycles. The van der Waals surface area contributed by atoms with Crippen LogP contribution in [0, 0.1) is 0 Å². The van der Waals surface area contributed by atoms with Crippen LogP contribution in [-0.2, 0) is 28.6 Å². The van der Waals surface area contributed by atoms with Gasteiger partial charge in [-0.15, -0.1) is 0 Å². The smallest absolute Gasteiger partial charge is 0.306 e. The minimum absolute atomic E-state index is 0.137. The number of ether oxygens (including phenoxy) is 3. The van der Waals surface area contributed by atoms with Gasteiger partial charge >= 0.3 is 17.9 Å². The van der Waals surface area contributed by atoms with Crippen molar-refractivity contribution in [2.24, 2.45) is 0 Å². The van der Waals surface area contributed by atoms with Crippen LogP contribution in [0.2, 0.25) is 0 Å². The zero-order chi connectivity index (χ0) is 52.9. The lowest BCUT2D eigenvalue weighted by Gasteiger charge is -2.18. The van der Waals surface area contributed by atoms with Crippen molar-refractivity contribution in [1.29, 1.82) is 0 Å². The van der Waals surface area contributed by atoms with Crippen LogP contribution in [0.15, 0.2) is 146 Å². The first-order chi connectivity index (χ1) is 36.0. The summed E-state index contributed by atoms with van der Waals surface area (Å²) < 4.78 is 16.8. The lowest BCUT2D eigenvalue weighted by molar-refractivity contribution is -0.166. The molecule has 0 N–H and O–H groups in total. The standard InChI is InChI=1S/C67H106O6/c1-4-7-10-13-16-19-22-25-28-31-33-36-39-42-45-48-51-54-57-60-66(69)72-63-64(62-71-65(68)59-56-53-50-47-44-41-38-35-30-27-24-21-18-15-12-9-6-3)73-67(70)61-58-55-52-49-46-43-40-37-34-32-29-26-23-20-17-14-11-8-5-2/h7,9-10,12,16,18-19,21,25-30,33,36,38,41-42,45,47,50-51,54,64H,4-6,8,11,13-15,17,20,22-24,31-32,34-35,37,39-40,43-44,46,48-49,52-53,55-63H2,1-3H3/b10-7-,12-9-,19-16-,21-18-,28-25-,29-26-,30-27-,36-33-,41-38-,45-42-,50-47-,54-51-/t64-/m1/s1. The average Bonchev–Trinajstić information content (AvgIpc) is 3.39. The van der Waals surface area contributed by atoms with Gasteiger partial charge in [-0.25, -0.2) is 0 Å². The molecule has 0 amide bonds. The van der Waals surface area contributed by atoms with E-state index in [4.69, 9.17) is 14.2 Å². The monoisotopic (exact) mass is 1010 g/mol. The van der Waals surface area contributed by atoms with Crippen LogP contribution < -0.4 is 0 Å². The molecule has 6 nitrogen and oxygen atoms in total. The lowest BCUT2D eigenvalue weighted by atomic mass is 10.1. The highest BCUT2D eigenvalue weighted by Crippen LogP contribution is 2.14. The first-order valence-electron chi connectivity index (χ1n) is 29.3. The third kappa shape index (κ3) is 58.1. The maximum absolute atomic E-state index is 12.9. The molecule has 0 aliphatic carbocycles. The van der Waals surface area contributed by atoms with Gasteiger partial charge in [-0.3, -0.25) is 14.4 Å². The molecule has 73 heavy (non-hydrogen) atoms. The molecule has 410 valence electrons. The minimum atomic E-state index is -0.840. The van der Waals surface area contributed by atoms with E-state index in [1.807, 2.05) is 12.2 Å². The molecule has 0 radical (unpaired) electrons. The van der Waals surface area contributed by atoms with E-state index < -0.39 is 6.10 Å². The molecule has 6 heteroatoms. The van der Waals surface area contributed by atoms with Gasteiger partial charge in [0.1, 0.15) is 13.2 Å². The van der Waals surface area contributed by atoms with Crippen LogP contribution in [0.3, 0.4) is 0 Å². The van der Waals surface area contributed by atoms with Crippen LogP contribution >= 0.6 is 0 Å². The minimum Gasteiger partial charge on any atom is -0.462 e. The predicted molar refractivity (Wildman–Crippen MR) is 315 cm³/mol. The van der Waals surface area contributed by atoms with E-state index in [2.05, 4.69) is 154 Å². The molecule has 0 aromatic rings. The Hall–Kier alpha value is -4.71. The van der Waals surface area contributed by atoms with Gasteiger partial charge in [0, 0.05) is 19.3 Å². The highest BCUT2D eigenvalue weighted by Gasteiger charge is 2.19. The maximum Gasteiger partial charge on any atom is 0.306 e. The van der Waals surface area contributed by atoms with Crippen molar-refractivity contribution in [3.63, 3.8) is 0 Å². The average molecular weight is 1010 g/mol. The van der Waals surface area contributed by atoms with Crippen molar-refractivity contribution in [3.05, 3.63) is 146 Å². The molecule has 0 saturated heterocycles. The molecule has 0 aliphatic heterocycles. The summed E-state index contributed by atoms with van der Waals surface area (Å²) in [4.78, 5) is 38.2. The second-order valence-corrected chi connectivity index (χ2v) is 18.8. The van der Waals surface area contributed by atoms with Crippen molar-refractivity contribution in [3.8, 4) is 0 Å². The molecule has 0 aliphatic rings. The van der Waals surface area contributed by atoms with E-state index in [1.54, 1.807) is 0 Å². The molecular weight excluding hydrogens is 901 g/mol. The van der Waals surface area contributed by atoms with E-state index in [-0.39, 0.29) is 44.0 Å². The second-order valence-electron chi connectivity index (χ2n) is 18.8. The van der Waals surface area contributed by atoms with Crippen molar-refractivity contribution >= 4 is 17.9 Å². The van der Waals surface area contributed by atoms with Crippen molar-refractivity contribution < 1.29 is 28.6 Å². The first-order valence-corrected chi connectivity index (χ1v) is 29.3. The molecule has 0 spiro atoms. The SMILES string of the molecule is CC/C=C\C/C=C\C/C=C\C/C=C\C/C=C\C/C=C\CCC(=O)OC[C@@H](COC(=O)CCC/C=C\C/C=C\C/C=C\C/C=C\C/C=C\CC)OC(=O)CCCCCCCCCCC/C=C\CCCCCCCC. The van der Waals surface area contributed by atoms with E-state index in [0.717, 1.165) is 96.3 Å². The topological polar surface area (TPSA) is 78.9 Å². The summed E-state index contributed by atoms with van der Waals surface area (Å²) in [5.74, 6) is -1.08. The van der Waals surface area contributed by atoms with Gasteiger partial charge in [-0.1, -0.05) is 244 Å². The fourth-order valence-corrected chi connectivity index (χ4v) is 7.50. The second kappa shape index (κ2) is 59.8. The summed E-state index contributed by atoms with van der Waals surface area (Å²) in [6.45, 7) is 6.29. The summed E-state index contributed by atoms with van der Waals surface area (Å²) in [7, 11) is 0. The number of allylic oxidation sites excluding steroid dienone is 24. The number of carbonyl (C=O) groups is 3. The summed E-state index contributed by atoms with van der Waals surface area (Å²) in [5, 5.41) is 0. The third-order valence-electron chi connectivity index (χ3n) is 11.8. The summed E-state index contributed by atoms with van der Waals surface area (Å²) in [5.41, 5.74) is 0. The zero-order valence-corrected chi connectivity index (χ0v) is 46.8. The number of carbonyl (C=O) groups excluding carboxylic acids is 3. The Morgan fingerprint density at radius 2 is 0.575 bits per heavy atom. The van der Waals surface area contributed by atoms with Gasteiger partial charge in [0.25, 0.3) is 0 Å². The Morgan fingerprint density at radius 3 is 0.973 bits per heavy atom. The Balaban J connectivity index is 4.60. The Bertz CT molecular complexity index is 1630. The van der Waals surface area contributed by atoms with E-state index >= 15 is 0 Å². The maximum atomic E-state index is 12.9. The largest absolute Gasteiger partial charge is 0.462 e. The van der Waals surface area contributed by atoms with Crippen molar-refractivity contribution in [2.75, 3.05) is 13.2 Å². The predicted octanol–water partition coefficient (Wildman–Crippen LogP) is 20.0. The van der Waals surface area contributed by atoms with Crippen molar-refractivity contribution in [2.45, 2.75) is 245 Å². The number of hydrogen-bond donors (Lipinski definition) is 0. The quantitative estimate of drug-likeness (QED) is 0.0261. The Morgan fingerprint density at radius 1 is 0.288 bits per heavy atom.